The van der Waals surface area contributed by atoms with Crippen molar-refractivity contribution in [3.63, 3.8) is 0 Å². The Balaban J connectivity index is 1.88. The first kappa shape index (κ1) is 17.8. The van der Waals surface area contributed by atoms with Crippen LogP contribution in [0.4, 0.5) is 0 Å². The Labute approximate surface area is 143 Å². The van der Waals surface area contributed by atoms with Gasteiger partial charge in [-0.15, -0.1) is 0 Å². The van der Waals surface area contributed by atoms with Crippen LogP contribution in [0.5, 0.6) is 0 Å². The molecule has 0 bridgehead atoms. The molecule has 0 spiro atoms. The maximum Gasteiger partial charge on any atom is 0.252 e. The van der Waals surface area contributed by atoms with Crippen molar-refractivity contribution in [2.75, 3.05) is 13.1 Å². The molecule has 1 aliphatic carbocycles. The molecule has 0 unspecified atom stereocenters. The average molecular weight is 337 g/mol. The molecule has 0 radical (unpaired) electrons. The zero-order chi connectivity index (χ0) is 16.7. The highest BCUT2D eigenvalue weighted by molar-refractivity contribution is 6.33. The van der Waals surface area contributed by atoms with Crippen molar-refractivity contribution in [2.45, 2.75) is 51.5 Å². The maximum absolute atomic E-state index is 12.1. The molecule has 0 heterocycles. The van der Waals surface area contributed by atoms with Crippen LogP contribution in [0.1, 0.15) is 55.8 Å². The van der Waals surface area contributed by atoms with Gasteiger partial charge >= 0.3 is 0 Å². The summed E-state index contributed by atoms with van der Waals surface area (Å²) >= 11 is 6.03. The molecule has 1 fully saturated rings. The third-order valence-electron chi connectivity index (χ3n) is 4.43. The third-order valence-corrected chi connectivity index (χ3v) is 4.76. The molecule has 0 atom stereocenters. The molecule has 1 aliphatic rings. The van der Waals surface area contributed by atoms with E-state index in [-0.39, 0.29) is 11.8 Å². The fourth-order valence-corrected chi connectivity index (χ4v) is 3.42. The van der Waals surface area contributed by atoms with E-state index in [1.165, 1.54) is 25.7 Å². The van der Waals surface area contributed by atoms with E-state index in [9.17, 15) is 9.59 Å². The predicted octanol–water partition coefficient (Wildman–Crippen LogP) is 3.64. The van der Waals surface area contributed by atoms with Gasteiger partial charge in [0.05, 0.1) is 10.6 Å². The Bertz CT molecular complexity index is 540. The lowest BCUT2D eigenvalue weighted by molar-refractivity contribution is -0.131. The van der Waals surface area contributed by atoms with Gasteiger partial charge in [0, 0.05) is 26.1 Å². The minimum Gasteiger partial charge on any atom is -0.350 e. The first-order valence-corrected chi connectivity index (χ1v) is 8.77. The molecule has 1 saturated carbocycles. The highest BCUT2D eigenvalue weighted by Gasteiger charge is 2.22. The van der Waals surface area contributed by atoms with Gasteiger partial charge in [0.2, 0.25) is 5.91 Å². The summed E-state index contributed by atoms with van der Waals surface area (Å²) in [4.78, 5) is 26.0. The molecule has 2 amide bonds. The van der Waals surface area contributed by atoms with Crippen LogP contribution in [0, 0.1) is 0 Å². The molecule has 0 aliphatic heterocycles. The van der Waals surface area contributed by atoms with E-state index in [1.54, 1.807) is 31.2 Å². The van der Waals surface area contributed by atoms with E-state index in [2.05, 4.69) is 5.32 Å². The molecule has 1 aromatic carbocycles. The Kier molecular flexibility index (Phi) is 6.90. The molecular weight excluding hydrogens is 312 g/mol. The predicted molar refractivity (Wildman–Crippen MR) is 92.7 cm³/mol. The molecule has 23 heavy (non-hydrogen) atoms. The van der Waals surface area contributed by atoms with Gasteiger partial charge in [-0.3, -0.25) is 9.59 Å². The van der Waals surface area contributed by atoms with Crippen LogP contribution in [0.25, 0.3) is 0 Å². The summed E-state index contributed by atoms with van der Waals surface area (Å²) in [5.41, 5.74) is 0.470. The molecule has 1 aromatic rings. The smallest absolute Gasteiger partial charge is 0.252 e. The minimum atomic E-state index is -0.194. The zero-order valence-electron chi connectivity index (χ0n) is 13.7. The summed E-state index contributed by atoms with van der Waals surface area (Å²) in [7, 11) is 0. The SMILES string of the molecule is CC(=O)N(CCNC(=O)c1ccccc1Cl)C1CCCCCC1. The number of carbonyl (C=O) groups is 2. The topological polar surface area (TPSA) is 49.4 Å². The van der Waals surface area contributed by atoms with Crippen LogP contribution in [0.2, 0.25) is 5.02 Å². The molecule has 0 saturated heterocycles. The number of benzene rings is 1. The van der Waals surface area contributed by atoms with Gasteiger partial charge in [-0.25, -0.2) is 0 Å². The highest BCUT2D eigenvalue weighted by atomic mass is 35.5. The average Bonchev–Trinajstić information content (AvgIpc) is 2.80. The Hall–Kier alpha value is -1.55. The van der Waals surface area contributed by atoms with Crippen LogP contribution >= 0.6 is 11.6 Å². The van der Waals surface area contributed by atoms with Crippen LogP contribution in [0.15, 0.2) is 24.3 Å². The second-order valence-corrected chi connectivity index (χ2v) is 6.50. The van der Waals surface area contributed by atoms with Crippen molar-refractivity contribution < 1.29 is 9.59 Å². The second kappa shape index (κ2) is 8.92. The maximum atomic E-state index is 12.1. The number of nitrogens with zero attached hydrogens (tertiary/aromatic N) is 1. The molecule has 4 nitrogen and oxygen atoms in total. The summed E-state index contributed by atoms with van der Waals surface area (Å²) in [5.74, 6) is -0.108. The summed E-state index contributed by atoms with van der Waals surface area (Å²) in [6.45, 7) is 2.61. The van der Waals surface area contributed by atoms with E-state index in [1.807, 2.05) is 4.90 Å². The van der Waals surface area contributed by atoms with Gasteiger partial charge in [-0.2, -0.15) is 0 Å². The van der Waals surface area contributed by atoms with E-state index < -0.39 is 0 Å². The lowest BCUT2D eigenvalue weighted by Gasteiger charge is -2.30. The number of carbonyl (C=O) groups excluding carboxylic acids is 2. The summed E-state index contributed by atoms with van der Waals surface area (Å²) < 4.78 is 0. The molecule has 1 N–H and O–H groups in total. The number of nitrogens with one attached hydrogen (secondary N) is 1. The van der Waals surface area contributed by atoms with Gasteiger partial charge < -0.3 is 10.2 Å². The van der Waals surface area contributed by atoms with Crippen molar-refractivity contribution in [1.29, 1.82) is 0 Å². The van der Waals surface area contributed by atoms with Gasteiger partial charge in [-0.1, -0.05) is 49.4 Å². The minimum absolute atomic E-state index is 0.0869. The van der Waals surface area contributed by atoms with Crippen LogP contribution < -0.4 is 5.32 Å². The standard InChI is InChI=1S/C18H25ClN2O2/c1-14(22)21(15-8-4-2-3-5-9-15)13-12-20-18(23)16-10-6-7-11-17(16)19/h6-7,10-11,15H,2-5,8-9,12-13H2,1H3,(H,20,23). The molecule has 126 valence electrons. The van der Waals surface area contributed by atoms with Gasteiger partial charge in [0.15, 0.2) is 0 Å². The second-order valence-electron chi connectivity index (χ2n) is 6.09. The number of hydrogen-bond donors (Lipinski definition) is 1. The zero-order valence-corrected chi connectivity index (χ0v) is 14.4. The largest absolute Gasteiger partial charge is 0.350 e. The molecular formula is C18H25ClN2O2. The number of rotatable bonds is 5. The van der Waals surface area contributed by atoms with Crippen LogP contribution in [-0.4, -0.2) is 35.8 Å². The van der Waals surface area contributed by atoms with Crippen molar-refractivity contribution >= 4 is 23.4 Å². The number of amides is 2. The number of hydrogen-bond acceptors (Lipinski definition) is 2. The molecule has 5 heteroatoms. The monoisotopic (exact) mass is 336 g/mol. The first-order valence-electron chi connectivity index (χ1n) is 8.39. The fraction of sp³-hybridized carbons (Fsp3) is 0.556. The quantitative estimate of drug-likeness (QED) is 0.834. The van der Waals surface area contributed by atoms with E-state index >= 15 is 0 Å². The summed E-state index contributed by atoms with van der Waals surface area (Å²) in [6.07, 6.45) is 7.01. The van der Waals surface area contributed by atoms with Crippen LogP contribution in [-0.2, 0) is 4.79 Å². The van der Waals surface area contributed by atoms with Crippen molar-refractivity contribution in [3.8, 4) is 0 Å². The van der Waals surface area contributed by atoms with Gasteiger partial charge in [-0.05, 0) is 25.0 Å². The number of halogens is 1. The van der Waals surface area contributed by atoms with Gasteiger partial charge in [0.1, 0.15) is 0 Å². The van der Waals surface area contributed by atoms with Crippen molar-refractivity contribution in [3.05, 3.63) is 34.9 Å². The lowest BCUT2D eigenvalue weighted by Crippen LogP contribution is -2.43. The first-order chi connectivity index (χ1) is 11.1. The third kappa shape index (κ3) is 5.24. The molecule has 0 aromatic heterocycles. The van der Waals surface area contributed by atoms with E-state index in [0.717, 1.165) is 12.8 Å². The lowest BCUT2D eigenvalue weighted by atomic mass is 10.1. The van der Waals surface area contributed by atoms with Crippen LogP contribution in [0.3, 0.4) is 0 Å². The highest BCUT2D eigenvalue weighted by Crippen LogP contribution is 2.22. The Morgan fingerprint density at radius 1 is 1.17 bits per heavy atom. The Morgan fingerprint density at radius 2 is 1.83 bits per heavy atom. The normalized spacial score (nSPS) is 15.7. The van der Waals surface area contributed by atoms with Crippen molar-refractivity contribution in [2.24, 2.45) is 0 Å². The summed E-state index contributed by atoms with van der Waals surface area (Å²) in [6, 6.07) is 7.29. The van der Waals surface area contributed by atoms with Crippen molar-refractivity contribution in [1.82, 2.24) is 10.2 Å². The fourth-order valence-electron chi connectivity index (χ4n) is 3.20. The summed E-state index contributed by atoms with van der Waals surface area (Å²) in [5, 5.41) is 3.30. The van der Waals surface area contributed by atoms with E-state index in [0.29, 0.717) is 29.7 Å². The van der Waals surface area contributed by atoms with Gasteiger partial charge in [0.25, 0.3) is 5.91 Å². The molecule has 2 rings (SSSR count). The van der Waals surface area contributed by atoms with E-state index in [4.69, 9.17) is 11.6 Å². The Morgan fingerprint density at radius 3 is 2.43 bits per heavy atom.